The van der Waals surface area contributed by atoms with E-state index in [1.54, 1.807) is 37.3 Å². The van der Waals surface area contributed by atoms with E-state index in [1.807, 2.05) is 0 Å². The Kier molecular flexibility index (Phi) is 5.21. The number of nitrogens with two attached hydrogens (primary N) is 1. The zero-order valence-corrected chi connectivity index (χ0v) is 11.0. The normalized spacial score (nSPS) is 12.4. The fraction of sp³-hybridized carbons (Fsp3) is 0.200. The van der Waals surface area contributed by atoms with Crippen molar-refractivity contribution in [2.45, 2.75) is 0 Å². The third-order valence-electron chi connectivity index (χ3n) is 1.76. The summed E-state index contributed by atoms with van der Waals surface area (Å²) in [5.41, 5.74) is 3.44. The van der Waals surface area contributed by atoms with E-state index in [4.69, 9.17) is 29.0 Å². The summed E-state index contributed by atoms with van der Waals surface area (Å²) in [6, 6.07) is 5.22. The van der Waals surface area contributed by atoms with Gasteiger partial charge in [-0.2, -0.15) is 0 Å². The summed E-state index contributed by atoms with van der Waals surface area (Å²) in [7, 11) is 3.59. The molecule has 5 nitrogen and oxygen atoms in total. The Hall–Kier alpha value is -1.30. The molecular weight excluding hydrogens is 261 g/mol. The molecule has 0 bridgehead atoms. The van der Waals surface area contributed by atoms with E-state index in [1.165, 1.54) is 6.21 Å². The first-order chi connectivity index (χ1) is 8.04. The first kappa shape index (κ1) is 13.8. The third kappa shape index (κ3) is 4.22. The van der Waals surface area contributed by atoms with Gasteiger partial charge in [0.1, 0.15) is 0 Å². The number of hydrazone groups is 1. The van der Waals surface area contributed by atoms with Crippen LogP contribution in [0.15, 0.2) is 28.3 Å². The van der Waals surface area contributed by atoms with Crippen LogP contribution < -0.4 is 11.3 Å². The summed E-state index contributed by atoms with van der Waals surface area (Å²) >= 11 is 12.0. The minimum absolute atomic E-state index is 0.256. The quantitative estimate of drug-likeness (QED) is 0.373. The minimum Gasteiger partial charge on any atom is -0.320 e. The third-order valence-corrected chi connectivity index (χ3v) is 2.42. The van der Waals surface area contributed by atoms with Crippen LogP contribution in [0.4, 0.5) is 0 Å². The Balaban J connectivity index is 2.90. The average molecular weight is 274 g/mol. The highest BCUT2D eigenvalue weighted by Gasteiger charge is 2.03. The Morgan fingerprint density at radius 3 is 2.41 bits per heavy atom. The van der Waals surface area contributed by atoms with E-state index in [0.29, 0.717) is 15.6 Å². The Bertz CT molecular complexity index is 422. The van der Waals surface area contributed by atoms with E-state index >= 15 is 0 Å². The predicted molar refractivity (Wildman–Crippen MR) is 72.5 cm³/mol. The van der Waals surface area contributed by atoms with Crippen LogP contribution in [0.3, 0.4) is 0 Å². The maximum atomic E-state index is 5.98. The van der Waals surface area contributed by atoms with Crippen molar-refractivity contribution in [3.05, 3.63) is 33.8 Å². The van der Waals surface area contributed by atoms with Crippen molar-refractivity contribution in [3.8, 4) is 0 Å². The molecule has 17 heavy (non-hydrogen) atoms. The smallest absolute Gasteiger partial charge is 0.254 e. The lowest BCUT2D eigenvalue weighted by molar-refractivity contribution is 0.360. The van der Waals surface area contributed by atoms with Crippen molar-refractivity contribution in [2.75, 3.05) is 14.1 Å². The molecule has 3 N–H and O–H groups in total. The summed E-state index contributed by atoms with van der Waals surface area (Å²) in [5, 5.41) is 6.18. The van der Waals surface area contributed by atoms with Gasteiger partial charge in [-0.15, -0.1) is 5.10 Å². The molecule has 92 valence electrons. The lowest BCUT2D eigenvalue weighted by Gasteiger charge is -2.11. The highest BCUT2D eigenvalue weighted by atomic mass is 35.5. The molecule has 1 aromatic rings. The molecule has 0 unspecified atom stereocenters. The van der Waals surface area contributed by atoms with Crippen molar-refractivity contribution in [1.29, 1.82) is 0 Å². The van der Waals surface area contributed by atoms with Gasteiger partial charge in [0.05, 0.1) is 10.0 Å². The largest absolute Gasteiger partial charge is 0.320 e. The minimum atomic E-state index is 0.256. The first-order valence-corrected chi connectivity index (χ1v) is 5.50. The number of hydrogen-bond donors (Lipinski definition) is 2. The molecule has 0 amide bonds. The summed E-state index contributed by atoms with van der Waals surface area (Å²) in [6.45, 7) is 0. The molecule has 0 heterocycles. The molecule has 0 radical (unpaired) electrons. The van der Waals surface area contributed by atoms with E-state index in [2.05, 4.69) is 15.5 Å². The molecule has 0 fully saturated rings. The zero-order chi connectivity index (χ0) is 12.8. The standard InChI is InChI=1S/C10H13Cl2N5/c1-17(2)16-10(15-13)14-6-7-8(11)4-3-5-9(7)12/h3-6H,13H2,1-2H3,(H,15,16). The fourth-order valence-corrected chi connectivity index (χ4v) is 1.55. The maximum absolute atomic E-state index is 5.98. The van der Waals surface area contributed by atoms with E-state index in [-0.39, 0.29) is 5.96 Å². The molecule has 0 saturated heterocycles. The van der Waals surface area contributed by atoms with Gasteiger partial charge in [-0.05, 0) is 12.1 Å². The van der Waals surface area contributed by atoms with Crippen molar-refractivity contribution in [2.24, 2.45) is 15.9 Å². The zero-order valence-electron chi connectivity index (χ0n) is 9.48. The second-order valence-electron chi connectivity index (χ2n) is 3.35. The molecule has 0 atom stereocenters. The van der Waals surface area contributed by atoms with Crippen LogP contribution in [-0.4, -0.2) is 31.3 Å². The number of benzene rings is 1. The molecule has 0 spiro atoms. The van der Waals surface area contributed by atoms with Crippen molar-refractivity contribution >= 4 is 35.4 Å². The van der Waals surface area contributed by atoms with Gasteiger partial charge in [-0.3, -0.25) is 5.43 Å². The summed E-state index contributed by atoms with van der Waals surface area (Å²) < 4.78 is 0. The van der Waals surface area contributed by atoms with Crippen LogP contribution in [-0.2, 0) is 0 Å². The molecule has 0 aliphatic rings. The highest BCUT2D eigenvalue weighted by Crippen LogP contribution is 2.22. The number of guanidine groups is 1. The predicted octanol–water partition coefficient (Wildman–Crippen LogP) is 1.71. The van der Waals surface area contributed by atoms with Crippen LogP contribution in [0.5, 0.6) is 0 Å². The van der Waals surface area contributed by atoms with Crippen LogP contribution >= 0.6 is 23.2 Å². The average Bonchev–Trinajstić information content (AvgIpc) is 2.26. The molecule has 1 aromatic carbocycles. The summed E-state index contributed by atoms with van der Waals surface area (Å²) in [5.74, 6) is 5.44. The van der Waals surface area contributed by atoms with Gasteiger partial charge in [-0.1, -0.05) is 29.3 Å². The number of hydrazine groups is 1. The second kappa shape index (κ2) is 6.44. The Labute approximate surface area is 110 Å². The van der Waals surface area contributed by atoms with Crippen molar-refractivity contribution in [1.82, 2.24) is 10.4 Å². The number of rotatable bonds is 2. The molecule has 7 heteroatoms. The van der Waals surface area contributed by atoms with Crippen LogP contribution in [0.2, 0.25) is 10.0 Å². The number of nitrogens with one attached hydrogen (secondary N) is 1. The van der Waals surface area contributed by atoms with Crippen LogP contribution in [0, 0.1) is 0 Å². The Morgan fingerprint density at radius 2 is 1.94 bits per heavy atom. The van der Waals surface area contributed by atoms with Gasteiger partial charge >= 0.3 is 0 Å². The lowest BCUT2D eigenvalue weighted by atomic mass is 10.2. The molecule has 0 aliphatic carbocycles. The number of hydrogen-bond acceptors (Lipinski definition) is 3. The Morgan fingerprint density at radius 1 is 1.35 bits per heavy atom. The van der Waals surface area contributed by atoms with Gasteiger partial charge in [0.2, 0.25) is 0 Å². The number of nitrogens with zero attached hydrogens (tertiary/aromatic N) is 3. The molecule has 0 aliphatic heterocycles. The van der Waals surface area contributed by atoms with Gasteiger partial charge in [0.25, 0.3) is 5.96 Å². The van der Waals surface area contributed by atoms with Gasteiger partial charge in [0.15, 0.2) is 0 Å². The monoisotopic (exact) mass is 273 g/mol. The van der Waals surface area contributed by atoms with Gasteiger partial charge in [-0.25, -0.2) is 10.0 Å². The van der Waals surface area contributed by atoms with Gasteiger partial charge in [0, 0.05) is 25.9 Å². The van der Waals surface area contributed by atoms with Crippen molar-refractivity contribution in [3.63, 3.8) is 0 Å². The molecular formula is C10H13Cl2N5. The van der Waals surface area contributed by atoms with E-state index in [9.17, 15) is 0 Å². The van der Waals surface area contributed by atoms with E-state index < -0.39 is 0 Å². The van der Waals surface area contributed by atoms with Crippen LogP contribution in [0.1, 0.15) is 5.56 Å². The first-order valence-electron chi connectivity index (χ1n) is 4.74. The topological polar surface area (TPSA) is 66.0 Å². The second-order valence-corrected chi connectivity index (χ2v) is 4.17. The molecule has 1 rings (SSSR count). The lowest BCUT2D eigenvalue weighted by Crippen LogP contribution is -2.35. The fourth-order valence-electron chi connectivity index (χ4n) is 1.05. The molecule has 0 saturated carbocycles. The maximum Gasteiger partial charge on any atom is 0.254 e. The van der Waals surface area contributed by atoms with Gasteiger partial charge < -0.3 is 5.84 Å². The summed E-state index contributed by atoms with van der Waals surface area (Å²) in [4.78, 5) is 4.05. The number of aliphatic imine (C=N–C) groups is 1. The van der Waals surface area contributed by atoms with Crippen molar-refractivity contribution < 1.29 is 0 Å². The number of halogens is 2. The summed E-state index contributed by atoms with van der Waals surface area (Å²) in [6.07, 6.45) is 1.51. The highest BCUT2D eigenvalue weighted by molar-refractivity contribution is 6.38. The molecule has 0 aromatic heterocycles. The SMILES string of the molecule is CN(C)NC(N=Cc1c(Cl)cccc1Cl)=NN. The van der Waals surface area contributed by atoms with E-state index in [0.717, 1.165) is 0 Å². The van der Waals surface area contributed by atoms with Crippen LogP contribution in [0.25, 0.3) is 0 Å².